The highest BCUT2D eigenvalue weighted by atomic mass is 19.1. The van der Waals surface area contributed by atoms with Crippen LogP contribution in [-0.2, 0) is 4.79 Å². The molecule has 0 saturated carbocycles. The number of halogens is 1. The van der Waals surface area contributed by atoms with Crippen molar-refractivity contribution in [3.05, 3.63) is 108 Å². The Bertz CT molecular complexity index is 1410. The molecule has 1 aromatic heterocycles. The van der Waals surface area contributed by atoms with Crippen LogP contribution in [-0.4, -0.2) is 35.7 Å². The normalized spacial score (nSPS) is 12.2. The number of ether oxygens (including phenoxy) is 1. The Morgan fingerprint density at radius 2 is 1.74 bits per heavy atom. The van der Waals surface area contributed by atoms with Gasteiger partial charge in [0, 0.05) is 13.0 Å². The van der Waals surface area contributed by atoms with Gasteiger partial charge in [0.25, 0.3) is 0 Å². The fraction of sp³-hybridized carbons (Fsp3) is 0.250. The summed E-state index contributed by atoms with van der Waals surface area (Å²) < 4.78 is 20.3. The minimum atomic E-state index is -0.428. The summed E-state index contributed by atoms with van der Waals surface area (Å²) in [4.78, 5) is 11.3. The molecule has 0 saturated heterocycles. The van der Waals surface area contributed by atoms with Crippen molar-refractivity contribution in [3.8, 4) is 5.75 Å². The highest BCUT2D eigenvalue weighted by molar-refractivity contribution is 6.00. The lowest BCUT2D eigenvalue weighted by molar-refractivity contribution is -0.114. The number of rotatable bonds is 13. The average molecular weight is 512 g/mol. The zero-order valence-corrected chi connectivity index (χ0v) is 22.0. The van der Waals surface area contributed by atoms with Gasteiger partial charge in [0.1, 0.15) is 5.75 Å². The van der Waals surface area contributed by atoms with Crippen LogP contribution in [0.3, 0.4) is 0 Å². The summed E-state index contributed by atoms with van der Waals surface area (Å²) in [6, 6.07) is 24.1. The molecule has 0 unspecified atom stereocenters. The molecule has 4 aromatic rings. The molecule has 0 aliphatic rings. The standard InChI is InChI=1S/C32H34FN3O2/c1-3-26(37)12-8-19-34-20-9-21-38-27-16-13-24(14-17-27)31(28(4-2)23-10-6-5-7-11-23)25-15-18-30-29(22-25)32(33)36-35-30/h5-8,10-18,22,34H,3-4,9,19-21H2,1-2H3,(H,35,36)/b12-8+,31-28+. The third-order valence-electron chi connectivity index (χ3n) is 6.40. The van der Waals surface area contributed by atoms with Crippen LogP contribution >= 0.6 is 0 Å². The van der Waals surface area contributed by atoms with E-state index in [-0.39, 0.29) is 5.78 Å². The molecule has 0 aliphatic heterocycles. The maximum atomic E-state index is 14.4. The zero-order chi connectivity index (χ0) is 26.7. The second kappa shape index (κ2) is 13.5. The second-order valence-electron chi connectivity index (χ2n) is 9.00. The van der Waals surface area contributed by atoms with Crippen molar-refractivity contribution in [3.63, 3.8) is 0 Å². The number of nitrogens with zero attached hydrogens (tertiary/aromatic N) is 1. The molecule has 0 bridgehead atoms. The molecule has 0 aliphatic carbocycles. The Balaban J connectivity index is 1.51. The summed E-state index contributed by atoms with van der Waals surface area (Å²) in [6.07, 6.45) is 5.68. The smallest absolute Gasteiger partial charge is 0.216 e. The number of allylic oxidation sites excluding steroid dienone is 2. The van der Waals surface area contributed by atoms with E-state index in [1.807, 2.05) is 61.5 Å². The fourth-order valence-electron chi connectivity index (χ4n) is 4.41. The van der Waals surface area contributed by atoms with E-state index in [0.29, 0.717) is 30.5 Å². The lowest BCUT2D eigenvalue weighted by Crippen LogP contribution is -2.17. The van der Waals surface area contributed by atoms with Gasteiger partial charge in [-0.15, -0.1) is 0 Å². The van der Waals surface area contributed by atoms with Crippen molar-refractivity contribution in [2.45, 2.75) is 33.1 Å². The Morgan fingerprint density at radius 3 is 2.47 bits per heavy atom. The SMILES string of the molecule is CCC(=O)/C=C/CNCCCOc1ccc(/C(=C(/CC)c2ccccc2)c2ccc3n[nH]c(F)c3c2)cc1. The van der Waals surface area contributed by atoms with Crippen LogP contribution in [0.25, 0.3) is 22.0 Å². The van der Waals surface area contributed by atoms with E-state index in [1.165, 1.54) is 5.57 Å². The molecule has 0 amide bonds. The molecule has 196 valence electrons. The van der Waals surface area contributed by atoms with Crippen molar-refractivity contribution in [1.29, 1.82) is 0 Å². The molecule has 6 heteroatoms. The summed E-state index contributed by atoms with van der Waals surface area (Å²) in [5, 5.41) is 10.2. The number of nitrogens with one attached hydrogen (secondary N) is 2. The number of aromatic nitrogens is 2. The van der Waals surface area contributed by atoms with E-state index in [1.54, 1.807) is 6.08 Å². The predicted octanol–water partition coefficient (Wildman–Crippen LogP) is 6.96. The molecule has 0 fully saturated rings. The van der Waals surface area contributed by atoms with Crippen molar-refractivity contribution in [2.75, 3.05) is 19.7 Å². The van der Waals surface area contributed by atoms with E-state index < -0.39 is 5.95 Å². The molecule has 0 spiro atoms. The second-order valence-corrected chi connectivity index (χ2v) is 9.00. The number of hydrogen-bond donors (Lipinski definition) is 2. The molecule has 3 aromatic carbocycles. The fourth-order valence-corrected chi connectivity index (χ4v) is 4.41. The topological polar surface area (TPSA) is 67.0 Å². The number of aromatic amines is 1. The third-order valence-corrected chi connectivity index (χ3v) is 6.40. The number of fused-ring (bicyclic) bond motifs is 1. The largest absolute Gasteiger partial charge is 0.494 e. The molecule has 4 rings (SSSR count). The molecule has 38 heavy (non-hydrogen) atoms. The average Bonchev–Trinajstić information content (AvgIpc) is 3.33. The van der Waals surface area contributed by atoms with Crippen LogP contribution < -0.4 is 10.1 Å². The lowest BCUT2D eigenvalue weighted by Gasteiger charge is -2.17. The minimum Gasteiger partial charge on any atom is -0.494 e. The van der Waals surface area contributed by atoms with Crippen LogP contribution in [0.15, 0.2) is 84.9 Å². The van der Waals surface area contributed by atoms with Gasteiger partial charge in [-0.25, -0.2) is 0 Å². The minimum absolute atomic E-state index is 0.139. The molecular formula is C32H34FN3O2. The first-order valence-electron chi connectivity index (χ1n) is 13.2. The first-order chi connectivity index (χ1) is 18.6. The van der Waals surface area contributed by atoms with Crippen molar-refractivity contribution >= 4 is 27.8 Å². The van der Waals surface area contributed by atoms with Gasteiger partial charge in [-0.3, -0.25) is 9.89 Å². The van der Waals surface area contributed by atoms with Gasteiger partial charge >= 0.3 is 0 Å². The summed E-state index contributed by atoms with van der Waals surface area (Å²) in [5.41, 5.74) is 5.96. The highest BCUT2D eigenvalue weighted by Crippen LogP contribution is 2.36. The number of benzene rings is 3. The van der Waals surface area contributed by atoms with E-state index in [9.17, 15) is 9.18 Å². The Kier molecular flexibility index (Phi) is 9.59. The summed E-state index contributed by atoms with van der Waals surface area (Å²) in [5.74, 6) is 0.513. The van der Waals surface area contributed by atoms with E-state index in [2.05, 4.69) is 46.7 Å². The van der Waals surface area contributed by atoms with Crippen LogP contribution in [0, 0.1) is 5.95 Å². The van der Waals surface area contributed by atoms with Crippen LogP contribution in [0.4, 0.5) is 4.39 Å². The maximum absolute atomic E-state index is 14.4. The number of carbonyl (C=O) groups excluding carboxylic acids is 1. The first kappa shape index (κ1) is 27.0. The van der Waals surface area contributed by atoms with Gasteiger partial charge in [0.15, 0.2) is 5.78 Å². The van der Waals surface area contributed by atoms with Crippen LogP contribution in [0.1, 0.15) is 49.8 Å². The van der Waals surface area contributed by atoms with Crippen LogP contribution in [0.2, 0.25) is 0 Å². The first-order valence-corrected chi connectivity index (χ1v) is 13.2. The summed E-state index contributed by atoms with van der Waals surface area (Å²) in [6.45, 7) is 6.06. The number of carbonyl (C=O) groups is 1. The zero-order valence-electron chi connectivity index (χ0n) is 22.0. The summed E-state index contributed by atoms with van der Waals surface area (Å²) >= 11 is 0. The molecule has 5 nitrogen and oxygen atoms in total. The van der Waals surface area contributed by atoms with Gasteiger partial charge in [0.2, 0.25) is 5.95 Å². The van der Waals surface area contributed by atoms with Gasteiger partial charge in [-0.2, -0.15) is 9.49 Å². The van der Waals surface area contributed by atoms with Crippen molar-refractivity contribution < 1.29 is 13.9 Å². The number of ketones is 1. The Morgan fingerprint density at radius 1 is 0.974 bits per heavy atom. The van der Waals surface area contributed by atoms with Crippen LogP contribution in [0.5, 0.6) is 5.75 Å². The molecule has 2 N–H and O–H groups in total. The van der Waals surface area contributed by atoms with Gasteiger partial charge in [0.05, 0.1) is 17.5 Å². The molecule has 0 atom stereocenters. The number of hydrogen-bond acceptors (Lipinski definition) is 4. The monoisotopic (exact) mass is 511 g/mol. The number of H-pyrrole nitrogens is 1. The van der Waals surface area contributed by atoms with Gasteiger partial charge in [-0.05, 0) is 77.6 Å². The van der Waals surface area contributed by atoms with Gasteiger partial charge < -0.3 is 10.1 Å². The van der Waals surface area contributed by atoms with Crippen molar-refractivity contribution in [2.24, 2.45) is 0 Å². The van der Waals surface area contributed by atoms with E-state index >= 15 is 0 Å². The quantitative estimate of drug-likeness (QED) is 0.116. The summed E-state index contributed by atoms with van der Waals surface area (Å²) in [7, 11) is 0. The third kappa shape index (κ3) is 6.84. The highest BCUT2D eigenvalue weighted by Gasteiger charge is 2.15. The Labute approximate surface area is 223 Å². The predicted molar refractivity (Wildman–Crippen MR) is 153 cm³/mol. The Hall–Kier alpha value is -4.03. The van der Waals surface area contributed by atoms with E-state index in [4.69, 9.17) is 4.74 Å². The van der Waals surface area contributed by atoms with Crippen molar-refractivity contribution in [1.82, 2.24) is 15.5 Å². The maximum Gasteiger partial charge on any atom is 0.216 e. The molecular weight excluding hydrogens is 477 g/mol. The van der Waals surface area contributed by atoms with E-state index in [0.717, 1.165) is 47.4 Å². The molecule has 1 heterocycles. The molecule has 0 radical (unpaired) electrons. The lowest BCUT2D eigenvalue weighted by atomic mass is 9.88. The van der Waals surface area contributed by atoms with Gasteiger partial charge in [-0.1, -0.05) is 68.5 Å².